The highest BCUT2D eigenvalue weighted by molar-refractivity contribution is 5.86. The summed E-state index contributed by atoms with van der Waals surface area (Å²) >= 11 is 0. The summed E-state index contributed by atoms with van der Waals surface area (Å²) in [6, 6.07) is 0. The fourth-order valence-electron chi connectivity index (χ4n) is 6.69. The predicted octanol–water partition coefficient (Wildman–Crippen LogP) is 3.47. The zero-order chi connectivity index (χ0) is 15.7. The fraction of sp³-hybridized carbons (Fsp3) is 0.765. The van der Waals surface area contributed by atoms with E-state index in [0.717, 1.165) is 32.1 Å². The second-order valence-corrected chi connectivity index (χ2v) is 8.76. The van der Waals surface area contributed by atoms with Gasteiger partial charge in [-0.1, -0.05) is 19.9 Å². The normalized spacial score (nSPS) is 48.4. The van der Waals surface area contributed by atoms with Gasteiger partial charge in [-0.15, -0.1) is 0 Å². The summed E-state index contributed by atoms with van der Waals surface area (Å²) in [5.41, 5.74) is -0.509. The standard InChI is InChI=1S/C17H24O4/c1-11(12(18)19)4-16-6-14(2)5-15(3,7-16)9-17(8-14,10-16)13(20)21/h4H,5-10H2,1-3H3,(H,18,19)(H,20,21). The van der Waals surface area contributed by atoms with Crippen molar-refractivity contribution < 1.29 is 19.8 Å². The van der Waals surface area contributed by atoms with Crippen LogP contribution in [0.2, 0.25) is 0 Å². The van der Waals surface area contributed by atoms with Crippen molar-refractivity contribution in [2.45, 2.75) is 59.3 Å². The van der Waals surface area contributed by atoms with Gasteiger partial charge >= 0.3 is 11.9 Å². The lowest BCUT2D eigenvalue weighted by Crippen LogP contribution is -2.61. The second-order valence-electron chi connectivity index (χ2n) is 8.76. The molecule has 2 unspecified atom stereocenters. The number of carboxylic acid groups (broad SMARTS) is 2. The Morgan fingerprint density at radius 1 is 0.905 bits per heavy atom. The maximum absolute atomic E-state index is 12.0. The zero-order valence-electron chi connectivity index (χ0n) is 13.0. The fourth-order valence-corrected chi connectivity index (χ4v) is 6.69. The van der Waals surface area contributed by atoms with Crippen molar-refractivity contribution >= 4 is 11.9 Å². The van der Waals surface area contributed by atoms with E-state index in [0.29, 0.717) is 12.0 Å². The van der Waals surface area contributed by atoms with Crippen LogP contribution in [0.25, 0.3) is 0 Å². The minimum absolute atomic E-state index is 0.0250. The highest BCUT2D eigenvalue weighted by Crippen LogP contribution is 2.74. The van der Waals surface area contributed by atoms with Crippen LogP contribution in [0, 0.1) is 21.7 Å². The molecule has 0 saturated heterocycles. The molecule has 2 N–H and O–H groups in total. The van der Waals surface area contributed by atoms with Crippen molar-refractivity contribution in [1.82, 2.24) is 0 Å². The molecule has 0 aromatic rings. The molecule has 0 radical (unpaired) electrons. The number of rotatable bonds is 3. The molecular formula is C17H24O4. The van der Waals surface area contributed by atoms with Gasteiger partial charge in [0.15, 0.2) is 0 Å². The average molecular weight is 292 g/mol. The van der Waals surface area contributed by atoms with E-state index >= 15 is 0 Å². The minimum atomic E-state index is -0.898. The van der Waals surface area contributed by atoms with E-state index in [4.69, 9.17) is 0 Å². The van der Waals surface area contributed by atoms with E-state index in [1.165, 1.54) is 0 Å². The van der Waals surface area contributed by atoms with Crippen LogP contribution in [-0.2, 0) is 9.59 Å². The molecule has 4 aliphatic rings. The smallest absolute Gasteiger partial charge is 0.330 e. The van der Waals surface area contributed by atoms with Crippen LogP contribution >= 0.6 is 0 Å². The van der Waals surface area contributed by atoms with Gasteiger partial charge in [0.1, 0.15) is 0 Å². The number of aliphatic carboxylic acids is 2. The summed E-state index contributed by atoms with van der Waals surface area (Å²) in [7, 11) is 0. The monoisotopic (exact) mass is 292 g/mol. The van der Waals surface area contributed by atoms with Crippen LogP contribution < -0.4 is 0 Å². The number of carbonyl (C=O) groups is 2. The van der Waals surface area contributed by atoms with E-state index < -0.39 is 17.4 Å². The van der Waals surface area contributed by atoms with Crippen molar-refractivity contribution in [3.63, 3.8) is 0 Å². The highest BCUT2D eigenvalue weighted by Gasteiger charge is 2.67. The van der Waals surface area contributed by atoms with E-state index in [1.807, 2.05) is 6.08 Å². The Kier molecular flexibility index (Phi) is 2.72. The Hall–Kier alpha value is -1.32. The molecule has 0 spiro atoms. The van der Waals surface area contributed by atoms with Gasteiger partial charge in [0.25, 0.3) is 0 Å². The first-order valence-corrected chi connectivity index (χ1v) is 7.68. The lowest BCUT2D eigenvalue weighted by atomic mass is 9.36. The maximum Gasteiger partial charge on any atom is 0.330 e. The Bertz CT molecular complexity index is 541. The van der Waals surface area contributed by atoms with E-state index in [9.17, 15) is 19.8 Å². The van der Waals surface area contributed by atoms with Crippen LogP contribution in [0.4, 0.5) is 0 Å². The molecule has 2 atom stereocenters. The average Bonchev–Trinajstić information content (AvgIpc) is 2.22. The molecule has 4 aliphatic carbocycles. The van der Waals surface area contributed by atoms with Crippen LogP contribution in [0.3, 0.4) is 0 Å². The highest BCUT2D eigenvalue weighted by atomic mass is 16.4. The molecule has 116 valence electrons. The van der Waals surface area contributed by atoms with Gasteiger partial charge in [-0.2, -0.15) is 0 Å². The molecule has 4 saturated carbocycles. The lowest BCUT2D eigenvalue weighted by Gasteiger charge is -2.67. The topological polar surface area (TPSA) is 74.6 Å². The van der Waals surface area contributed by atoms with E-state index in [2.05, 4.69) is 13.8 Å². The van der Waals surface area contributed by atoms with Gasteiger partial charge < -0.3 is 10.2 Å². The molecular weight excluding hydrogens is 268 g/mol. The van der Waals surface area contributed by atoms with Crippen LogP contribution in [0.15, 0.2) is 11.6 Å². The maximum atomic E-state index is 12.0. The third-order valence-electron chi connectivity index (χ3n) is 5.95. The molecule has 0 aromatic carbocycles. The van der Waals surface area contributed by atoms with Crippen molar-refractivity contribution in [2.75, 3.05) is 0 Å². The summed E-state index contributed by atoms with van der Waals surface area (Å²) in [4.78, 5) is 23.2. The van der Waals surface area contributed by atoms with Gasteiger partial charge in [0, 0.05) is 5.57 Å². The summed E-state index contributed by atoms with van der Waals surface area (Å²) in [6.07, 6.45) is 6.88. The Balaban J connectivity index is 2.10. The molecule has 4 nitrogen and oxygen atoms in total. The first-order valence-electron chi connectivity index (χ1n) is 7.68. The van der Waals surface area contributed by atoms with Crippen molar-refractivity contribution in [3.05, 3.63) is 11.6 Å². The molecule has 21 heavy (non-hydrogen) atoms. The van der Waals surface area contributed by atoms with Crippen LogP contribution in [0.5, 0.6) is 0 Å². The van der Waals surface area contributed by atoms with E-state index in [-0.39, 0.29) is 16.2 Å². The number of allylic oxidation sites excluding steroid dienone is 1. The Labute approximate surface area is 125 Å². The van der Waals surface area contributed by atoms with Gasteiger partial charge in [0.05, 0.1) is 5.41 Å². The van der Waals surface area contributed by atoms with Crippen LogP contribution in [-0.4, -0.2) is 22.2 Å². The summed E-state index contributed by atoms with van der Waals surface area (Å²) in [5.74, 6) is -1.59. The second kappa shape index (κ2) is 3.90. The number of hydrogen-bond acceptors (Lipinski definition) is 2. The summed E-state index contributed by atoms with van der Waals surface area (Å²) in [6.45, 7) is 6.01. The lowest BCUT2D eigenvalue weighted by molar-refractivity contribution is -0.198. The molecule has 4 heteroatoms. The Morgan fingerprint density at radius 3 is 1.86 bits per heavy atom. The first kappa shape index (κ1) is 14.6. The van der Waals surface area contributed by atoms with Gasteiger partial charge in [0.2, 0.25) is 0 Å². The SMILES string of the molecule is CC(=CC12CC3(C)CC(C)(C1)CC(C(=O)O)(C3)C2)C(=O)O. The van der Waals surface area contributed by atoms with Gasteiger partial charge in [-0.3, -0.25) is 4.79 Å². The molecule has 0 aliphatic heterocycles. The van der Waals surface area contributed by atoms with Crippen molar-refractivity contribution in [3.8, 4) is 0 Å². The largest absolute Gasteiger partial charge is 0.481 e. The molecule has 4 fully saturated rings. The predicted molar refractivity (Wildman–Crippen MR) is 77.8 cm³/mol. The molecule has 0 heterocycles. The zero-order valence-corrected chi connectivity index (χ0v) is 13.0. The molecule has 0 amide bonds. The van der Waals surface area contributed by atoms with Gasteiger partial charge in [-0.05, 0) is 61.7 Å². The summed E-state index contributed by atoms with van der Waals surface area (Å²) < 4.78 is 0. The van der Waals surface area contributed by atoms with Gasteiger partial charge in [-0.25, -0.2) is 4.79 Å². The third kappa shape index (κ3) is 2.11. The number of carboxylic acids is 2. The molecule has 4 bridgehead atoms. The van der Waals surface area contributed by atoms with Crippen molar-refractivity contribution in [2.24, 2.45) is 21.7 Å². The van der Waals surface area contributed by atoms with Crippen molar-refractivity contribution in [1.29, 1.82) is 0 Å². The third-order valence-corrected chi connectivity index (χ3v) is 5.95. The van der Waals surface area contributed by atoms with Crippen LogP contribution in [0.1, 0.15) is 59.3 Å². The first-order chi connectivity index (χ1) is 9.51. The summed E-state index contributed by atoms with van der Waals surface area (Å²) in [5, 5.41) is 19.0. The molecule has 0 aromatic heterocycles. The Morgan fingerprint density at radius 2 is 1.43 bits per heavy atom. The number of hydrogen-bond donors (Lipinski definition) is 2. The minimum Gasteiger partial charge on any atom is -0.481 e. The quantitative estimate of drug-likeness (QED) is 0.781. The molecule has 4 rings (SSSR count). The van der Waals surface area contributed by atoms with E-state index in [1.54, 1.807) is 6.92 Å².